The van der Waals surface area contributed by atoms with E-state index in [4.69, 9.17) is 9.78 Å². The van der Waals surface area contributed by atoms with E-state index in [0.29, 0.717) is 29.4 Å². The summed E-state index contributed by atoms with van der Waals surface area (Å²) < 4.78 is 19.3. The molecular weight excluding hydrogens is 309 g/mol. The monoisotopic (exact) mass is 329 g/mol. The fraction of sp³-hybridized carbons (Fsp3) is 0.471. The first-order chi connectivity index (χ1) is 11.6. The van der Waals surface area contributed by atoms with Gasteiger partial charge in [0.05, 0.1) is 17.7 Å². The summed E-state index contributed by atoms with van der Waals surface area (Å²) in [6, 6.07) is 6.69. The number of halogens is 1. The Labute approximate surface area is 140 Å². The van der Waals surface area contributed by atoms with Gasteiger partial charge in [-0.25, -0.2) is 4.39 Å². The molecule has 126 valence electrons. The fourth-order valence-corrected chi connectivity index (χ4v) is 2.93. The normalized spacial score (nSPS) is 17.6. The maximum absolute atomic E-state index is 14.0. The summed E-state index contributed by atoms with van der Waals surface area (Å²) in [5, 5.41) is 12.6. The van der Waals surface area contributed by atoms with Gasteiger partial charge >= 0.3 is 0 Å². The lowest BCUT2D eigenvalue weighted by atomic mass is 10.1. The Balaban J connectivity index is 1.56. The molecule has 1 aliphatic heterocycles. The zero-order valence-corrected chi connectivity index (χ0v) is 13.9. The molecule has 0 N–H and O–H groups in total. The molecular formula is C17H20FN5O. The van der Waals surface area contributed by atoms with Gasteiger partial charge in [0, 0.05) is 38.3 Å². The Morgan fingerprint density at radius 2 is 2.08 bits per heavy atom. The first kappa shape index (κ1) is 16.6. The standard InChI is InChI=1S/C17H20FN5O/c1-12(17-20-13(2)21-24-17)23-7-5-22(6-8-23)11-15-4-3-14(10-19)9-16(15)18/h3-4,9,12H,5-8,11H2,1-2H3. The van der Waals surface area contributed by atoms with E-state index in [9.17, 15) is 4.39 Å². The molecule has 0 saturated carbocycles. The van der Waals surface area contributed by atoms with Crippen molar-refractivity contribution in [1.82, 2.24) is 19.9 Å². The summed E-state index contributed by atoms with van der Waals surface area (Å²) >= 11 is 0. The van der Waals surface area contributed by atoms with Crippen molar-refractivity contribution in [2.24, 2.45) is 0 Å². The van der Waals surface area contributed by atoms with E-state index in [1.54, 1.807) is 12.1 Å². The van der Waals surface area contributed by atoms with E-state index in [2.05, 4.69) is 26.9 Å². The Morgan fingerprint density at radius 1 is 1.33 bits per heavy atom. The average Bonchev–Trinajstić information content (AvgIpc) is 3.03. The van der Waals surface area contributed by atoms with E-state index >= 15 is 0 Å². The lowest BCUT2D eigenvalue weighted by Gasteiger charge is -2.36. The van der Waals surface area contributed by atoms with Gasteiger partial charge in [0.2, 0.25) is 5.89 Å². The molecule has 1 aliphatic rings. The number of benzene rings is 1. The van der Waals surface area contributed by atoms with Crippen LogP contribution in [-0.2, 0) is 6.54 Å². The maximum Gasteiger partial charge on any atom is 0.243 e. The van der Waals surface area contributed by atoms with Crippen molar-refractivity contribution in [2.45, 2.75) is 26.4 Å². The van der Waals surface area contributed by atoms with Gasteiger partial charge in [-0.2, -0.15) is 10.2 Å². The van der Waals surface area contributed by atoms with Crippen molar-refractivity contribution >= 4 is 0 Å². The molecule has 7 heteroatoms. The highest BCUT2D eigenvalue weighted by atomic mass is 19.1. The van der Waals surface area contributed by atoms with Crippen molar-refractivity contribution < 1.29 is 8.91 Å². The number of hydrogen-bond acceptors (Lipinski definition) is 6. The predicted octanol–water partition coefficient (Wildman–Crippen LogP) is 2.27. The molecule has 2 aromatic rings. The van der Waals surface area contributed by atoms with Crippen LogP contribution in [0.1, 0.15) is 35.8 Å². The van der Waals surface area contributed by atoms with Crippen LogP contribution < -0.4 is 0 Å². The molecule has 3 rings (SSSR count). The molecule has 0 radical (unpaired) electrons. The topological polar surface area (TPSA) is 69.2 Å². The summed E-state index contributed by atoms with van der Waals surface area (Å²) in [5.74, 6) is 0.969. The van der Waals surface area contributed by atoms with Gasteiger partial charge < -0.3 is 4.52 Å². The summed E-state index contributed by atoms with van der Waals surface area (Å²) in [7, 11) is 0. The van der Waals surface area contributed by atoms with Crippen molar-refractivity contribution in [1.29, 1.82) is 5.26 Å². The second kappa shape index (κ2) is 7.07. The van der Waals surface area contributed by atoms with Crippen LogP contribution in [0.25, 0.3) is 0 Å². The molecule has 0 amide bonds. The van der Waals surface area contributed by atoms with Crippen molar-refractivity contribution in [3.8, 4) is 6.07 Å². The summed E-state index contributed by atoms with van der Waals surface area (Å²) in [6.45, 7) is 7.83. The molecule has 1 atom stereocenters. The van der Waals surface area contributed by atoms with E-state index < -0.39 is 0 Å². The van der Waals surface area contributed by atoms with Crippen LogP contribution in [0.15, 0.2) is 22.7 Å². The van der Waals surface area contributed by atoms with E-state index in [-0.39, 0.29) is 11.9 Å². The fourth-order valence-electron chi connectivity index (χ4n) is 2.93. The highest BCUT2D eigenvalue weighted by molar-refractivity contribution is 5.32. The molecule has 6 nitrogen and oxygen atoms in total. The second-order valence-corrected chi connectivity index (χ2v) is 6.09. The summed E-state index contributed by atoms with van der Waals surface area (Å²) in [5.41, 5.74) is 0.979. The summed E-state index contributed by atoms with van der Waals surface area (Å²) in [4.78, 5) is 8.80. The molecule has 1 aromatic heterocycles. The lowest BCUT2D eigenvalue weighted by Crippen LogP contribution is -2.46. The third-order valence-corrected chi connectivity index (χ3v) is 4.43. The van der Waals surface area contributed by atoms with Gasteiger partial charge in [-0.15, -0.1) is 0 Å². The van der Waals surface area contributed by atoms with Gasteiger partial charge in [-0.05, 0) is 26.0 Å². The third kappa shape index (κ3) is 3.61. The van der Waals surface area contributed by atoms with Crippen LogP contribution in [0.3, 0.4) is 0 Å². The SMILES string of the molecule is Cc1noc(C(C)N2CCN(Cc3ccc(C#N)cc3F)CC2)n1. The highest BCUT2D eigenvalue weighted by Crippen LogP contribution is 2.21. The number of nitrogens with zero attached hydrogens (tertiary/aromatic N) is 5. The van der Waals surface area contributed by atoms with Crippen LogP contribution in [0.4, 0.5) is 4.39 Å². The van der Waals surface area contributed by atoms with Gasteiger partial charge in [0.25, 0.3) is 0 Å². The Bertz CT molecular complexity index is 746. The largest absolute Gasteiger partial charge is 0.338 e. The Kier molecular flexibility index (Phi) is 4.88. The maximum atomic E-state index is 14.0. The van der Waals surface area contributed by atoms with Crippen LogP contribution in [0, 0.1) is 24.1 Å². The van der Waals surface area contributed by atoms with E-state index in [0.717, 1.165) is 26.2 Å². The molecule has 1 unspecified atom stereocenters. The zero-order chi connectivity index (χ0) is 17.1. The Hall–Kier alpha value is -2.30. The van der Waals surface area contributed by atoms with Gasteiger partial charge in [0.15, 0.2) is 5.82 Å². The van der Waals surface area contributed by atoms with Crippen molar-refractivity contribution in [2.75, 3.05) is 26.2 Å². The highest BCUT2D eigenvalue weighted by Gasteiger charge is 2.25. The molecule has 1 saturated heterocycles. The zero-order valence-electron chi connectivity index (χ0n) is 13.9. The van der Waals surface area contributed by atoms with E-state index in [1.807, 2.05) is 13.0 Å². The number of piperazine rings is 1. The number of aromatic nitrogens is 2. The van der Waals surface area contributed by atoms with Crippen LogP contribution in [0.2, 0.25) is 0 Å². The van der Waals surface area contributed by atoms with Crippen LogP contribution in [-0.4, -0.2) is 46.1 Å². The minimum absolute atomic E-state index is 0.0833. The summed E-state index contributed by atoms with van der Waals surface area (Å²) in [6.07, 6.45) is 0. The number of hydrogen-bond donors (Lipinski definition) is 0. The molecule has 24 heavy (non-hydrogen) atoms. The van der Waals surface area contributed by atoms with Gasteiger partial charge in [0.1, 0.15) is 5.82 Å². The number of aryl methyl sites for hydroxylation is 1. The third-order valence-electron chi connectivity index (χ3n) is 4.43. The number of nitriles is 1. The second-order valence-electron chi connectivity index (χ2n) is 6.09. The lowest BCUT2D eigenvalue weighted by molar-refractivity contribution is 0.0839. The molecule has 1 aromatic carbocycles. The quantitative estimate of drug-likeness (QED) is 0.857. The molecule has 0 bridgehead atoms. The molecule has 0 aliphatic carbocycles. The number of rotatable bonds is 4. The smallest absolute Gasteiger partial charge is 0.243 e. The van der Waals surface area contributed by atoms with Gasteiger partial charge in [-0.3, -0.25) is 9.80 Å². The molecule has 0 spiro atoms. The first-order valence-corrected chi connectivity index (χ1v) is 8.02. The minimum atomic E-state index is -0.314. The Morgan fingerprint density at radius 3 is 2.67 bits per heavy atom. The van der Waals surface area contributed by atoms with Crippen molar-refractivity contribution in [3.63, 3.8) is 0 Å². The minimum Gasteiger partial charge on any atom is -0.338 e. The van der Waals surface area contributed by atoms with Crippen molar-refractivity contribution in [3.05, 3.63) is 46.9 Å². The van der Waals surface area contributed by atoms with Gasteiger partial charge in [-0.1, -0.05) is 11.2 Å². The molecule has 2 heterocycles. The van der Waals surface area contributed by atoms with Crippen LogP contribution in [0.5, 0.6) is 0 Å². The first-order valence-electron chi connectivity index (χ1n) is 8.02. The van der Waals surface area contributed by atoms with E-state index in [1.165, 1.54) is 6.07 Å². The van der Waals surface area contributed by atoms with Crippen LogP contribution >= 0.6 is 0 Å². The average molecular weight is 329 g/mol. The predicted molar refractivity (Wildman–Crippen MR) is 85.4 cm³/mol. The molecule has 1 fully saturated rings.